The molecule has 1 aromatic heterocycles. The van der Waals surface area contributed by atoms with Gasteiger partial charge in [-0.25, -0.2) is 4.79 Å². The molecule has 4 amide bonds. The Morgan fingerprint density at radius 1 is 0.974 bits per heavy atom. The van der Waals surface area contributed by atoms with E-state index in [4.69, 9.17) is 0 Å². The lowest BCUT2D eigenvalue weighted by Gasteiger charge is -2.16. The summed E-state index contributed by atoms with van der Waals surface area (Å²) in [5.74, 6) is 3.03. The summed E-state index contributed by atoms with van der Waals surface area (Å²) in [6, 6.07) is 8.02. The molecule has 11 nitrogen and oxygen atoms in total. The summed E-state index contributed by atoms with van der Waals surface area (Å²) in [4.78, 5) is 35.6. The molecule has 0 spiro atoms. The van der Waals surface area contributed by atoms with Crippen LogP contribution in [-0.4, -0.2) is 79.4 Å². The van der Waals surface area contributed by atoms with Gasteiger partial charge in [0.1, 0.15) is 0 Å². The number of nitrogens with one attached hydrogen (secondary N) is 4. The first-order valence-corrected chi connectivity index (χ1v) is 16.2. The van der Waals surface area contributed by atoms with Gasteiger partial charge in [0.25, 0.3) is 0 Å². The van der Waals surface area contributed by atoms with E-state index in [1.807, 2.05) is 36.0 Å². The first-order valence-electron chi connectivity index (χ1n) is 12.6. The van der Waals surface area contributed by atoms with Crippen LogP contribution in [0.15, 0.2) is 30.6 Å². The fraction of sp³-hybridized carbons (Fsp3) is 0.542. The van der Waals surface area contributed by atoms with Gasteiger partial charge in [-0.05, 0) is 18.4 Å². The van der Waals surface area contributed by atoms with Gasteiger partial charge in [-0.2, -0.15) is 11.8 Å². The number of benzene rings is 1. The SMILES string of the molecule is O=C(CCCCC1SC[C@@H]2NC(=O)N[C@H]12)NCCSSCCC(=O)NCc1ccc(-c2nncnn2)cc1. The second-order valence-electron chi connectivity index (χ2n) is 8.96. The first-order chi connectivity index (χ1) is 18.6. The van der Waals surface area contributed by atoms with Crippen LogP contribution in [0.4, 0.5) is 4.79 Å². The van der Waals surface area contributed by atoms with E-state index in [-0.39, 0.29) is 29.9 Å². The maximum absolute atomic E-state index is 12.1. The lowest BCUT2D eigenvalue weighted by Crippen LogP contribution is -2.36. The first kappa shape index (κ1) is 28.4. The molecule has 2 aliphatic heterocycles. The van der Waals surface area contributed by atoms with Crippen molar-refractivity contribution in [2.75, 3.05) is 23.8 Å². The Kier molecular flexibility index (Phi) is 11.3. The van der Waals surface area contributed by atoms with Crippen molar-refractivity contribution in [3.63, 3.8) is 0 Å². The van der Waals surface area contributed by atoms with Crippen LogP contribution in [-0.2, 0) is 16.1 Å². The van der Waals surface area contributed by atoms with Gasteiger partial charge < -0.3 is 21.3 Å². The van der Waals surface area contributed by atoms with Crippen LogP contribution in [0.3, 0.4) is 0 Å². The average molecular weight is 577 g/mol. The molecule has 0 bridgehead atoms. The molecule has 3 heterocycles. The van der Waals surface area contributed by atoms with E-state index >= 15 is 0 Å². The van der Waals surface area contributed by atoms with Crippen LogP contribution >= 0.6 is 33.3 Å². The zero-order valence-electron chi connectivity index (χ0n) is 20.9. The Labute approximate surface area is 234 Å². The monoisotopic (exact) mass is 576 g/mol. The molecule has 2 saturated heterocycles. The van der Waals surface area contributed by atoms with Gasteiger partial charge in [-0.3, -0.25) is 9.59 Å². The Morgan fingerprint density at radius 2 is 1.74 bits per heavy atom. The minimum Gasteiger partial charge on any atom is -0.355 e. The minimum absolute atomic E-state index is 0.00775. The number of carbonyl (C=O) groups is 3. The molecule has 204 valence electrons. The highest BCUT2D eigenvalue weighted by Crippen LogP contribution is 2.33. The Bertz CT molecular complexity index is 1060. The van der Waals surface area contributed by atoms with E-state index in [1.54, 1.807) is 21.6 Å². The molecular weight excluding hydrogens is 545 g/mol. The molecular formula is C24H32N8O3S3. The van der Waals surface area contributed by atoms with E-state index in [2.05, 4.69) is 41.7 Å². The van der Waals surface area contributed by atoms with Crippen molar-refractivity contribution >= 4 is 51.2 Å². The zero-order valence-corrected chi connectivity index (χ0v) is 23.4. The number of amides is 4. The molecule has 14 heteroatoms. The minimum atomic E-state index is -0.0571. The quantitative estimate of drug-likeness (QED) is 0.141. The third-order valence-electron chi connectivity index (χ3n) is 6.19. The van der Waals surface area contributed by atoms with Crippen LogP contribution < -0.4 is 21.3 Å². The van der Waals surface area contributed by atoms with Gasteiger partial charge in [-0.1, -0.05) is 52.3 Å². The molecule has 2 aromatic rings. The molecule has 4 rings (SSSR count). The summed E-state index contributed by atoms with van der Waals surface area (Å²) < 4.78 is 0. The standard InChI is InChI=1S/C24H32N8O3S3/c33-20(4-2-1-3-19-22-18(14-36-19)29-24(35)30-22)25-10-12-38-37-11-9-21(34)26-13-16-5-7-17(8-6-16)23-31-27-15-28-32-23/h5-8,15,18-19,22H,1-4,9-14H2,(H,25,33)(H,26,34)(H2,29,30,35)/t18-,19?,22-/m0/s1. The summed E-state index contributed by atoms with van der Waals surface area (Å²) in [7, 11) is 3.30. The number of thioether (sulfide) groups is 1. The average Bonchev–Trinajstić information content (AvgIpc) is 3.49. The zero-order chi connectivity index (χ0) is 26.6. The van der Waals surface area contributed by atoms with Gasteiger partial charge in [0.05, 0.1) is 12.1 Å². The summed E-state index contributed by atoms with van der Waals surface area (Å²) in [6.45, 7) is 1.09. The number of aromatic nitrogens is 4. The van der Waals surface area contributed by atoms with E-state index in [1.165, 1.54) is 6.33 Å². The van der Waals surface area contributed by atoms with Crippen LogP contribution in [0.25, 0.3) is 11.4 Å². The number of nitrogens with zero attached hydrogens (tertiary/aromatic N) is 4. The summed E-state index contributed by atoms with van der Waals surface area (Å²) in [5, 5.41) is 27.6. The van der Waals surface area contributed by atoms with Crippen molar-refractivity contribution in [2.24, 2.45) is 0 Å². The van der Waals surface area contributed by atoms with Crippen LogP contribution in [0.1, 0.15) is 37.7 Å². The highest BCUT2D eigenvalue weighted by Gasteiger charge is 2.42. The van der Waals surface area contributed by atoms with Gasteiger partial charge >= 0.3 is 6.03 Å². The van der Waals surface area contributed by atoms with Crippen molar-refractivity contribution < 1.29 is 14.4 Å². The van der Waals surface area contributed by atoms with Gasteiger partial charge in [0.15, 0.2) is 6.33 Å². The van der Waals surface area contributed by atoms with Crippen molar-refractivity contribution in [1.82, 2.24) is 41.7 Å². The maximum atomic E-state index is 12.1. The molecule has 0 aliphatic carbocycles. The molecule has 4 N–H and O–H groups in total. The highest BCUT2D eigenvalue weighted by molar-refractivity contribution is 8.76. The fourth-order valence-electron chi connectivity index (χ4n) is 4.23. The predicted molar refractivity (Wildman–Crippen MR) is 151 cm³/mol. The van der Waals surface area contributed by atoms with Crippen LogP contribution in [0.5, 0.6) is 0 Å². The lowest BCUT2D eigenvalue weighted by molar-refractivity contribution is -0.121. The van der Waals surface area contributed by atoms with Crippen molar-refractivity contribution in [3.8, 4) is 11.4 Å². The van der Waals surface area contributed by atoms with Gasteiger partial charge in [-0.15, -0.1) is 20.4 Å². The molecule has 1 aromatic carbocycles. The second-order valence-corrected chi connectivity index (χ2v) is 12.9. The molecule has 2 fully saturated rings. The summed E-state index contributed by atoms with van der Waals surface area (Å²) in [6.07, 6.45) is 5.13. The largest absolute Gasteiger partial charge is 0.355 e. The van der Waals surface area contributed by atoms with Gasteiger partial charge in [0, 0.05) is 54.0 Å². The Balaban J connectivity index is 0.959. The summed E-state index contributed by atoms with van der Waals surface area (Å²) in [5.41, 5.74) is 1.81. The molecule has 1 unspecified atom stereocenters. The Morgan fingerprint density at radius 3 is 2.55 bits per heavy atom. The predicted octanol–water partition coefficient (Wildman–Crippen LogP) is 2.16. The van der Waals surface area contributed by atoms with Crippen molar-refractivity contribution in [1.29, 1.82) is 0 Å². The number of rotatable bonds is 15. The third kappa shape index (κ3) is 9.02. The second kappa shape index (κ2) is 15.1. The molecule has 3 atom stereocenters. The van der Waals surface area contributed by atoms with Crippen LogP contribution in [0, 0.1) is 0 Å². The van der Waals surface area contributed by atoms with Crippen molar-refractivity contribution in [2.45, 2.75) is 56.0 Å². The molecule has 0 radical (unpaired) electrons. The van der Waals surface area contributed by atoms with E-state index in [0.29, 0.717) is 42.8 Å². The van der Waals surface area contributed by atoms with Crippen LogP contribution in [0.2, 0.25) is 0 Å². The third-order valence-corrected chi connectivity index (χ3v) is 10.1. The number of unbranched alkanes of at least 4 members (excludes halogenated alkanes) is 1. The number of carbonyl (C=O) groups excluding carboxylic acids is 3. The van der Waals surface area contributed by atoms with E-state index < -0.39 is 0 Å². The highest BCUT2D eigenvalue weighted by atomic mass is 33.1. The molecule has 2 aliphatic rings. The lowest BCUT2D eigenvalue weighted by atomic mass is 10.0. The summed E-state index contributed by atoms with van der Waals surface area (Å²) >= 11 is 1.91. The number of hydrogen-bond acceptors (Lipinski definition) is 10. The maximum Gasteiger partial charge on any atom is 0.315 e. The smallest absolute Gasteiger partial charge is 0.315 e. The number of hydrogen-bond donors (Lipinski definition) is 4. The number of fused-ring (bicyclic) bond motifs is 1. The Hall–Kier alpha value is -2.58. The normalized spacial score (nSPS) is 19.9. The topological polar surface area (TPSA) is 151 Å². The van der Waals surface area contributed by atoms with E-state index in [9.17, 15) is 14.4 Å². The van der Waals surface area contributed by atoms with Gasteiger partial charge in [0.2, 0.25) is 17.6 Å². The fourth-order valence-corrected chi connectivity index (χ4v) is 7.67. The number of urea groups is 1. The molecule has 0 saturated carbocycles. The van der Waals surface area contributed by atoms with E-state index in [0.717, 1.165) is 41.9 Å². The van der Waals surface area contributed by atoms with Crippen molar-refractivity contribution in [3.05, 3.63) is 36.2 Å². The molecule has 38 heavy (non-hydrogen) atoms.